The summed E-state index contributed by atoms with van der Waals surface area (Å²) in [5.41, 5.74) is 2.10. The number of halogens is 3. The van der Waals surface area contributed by atoms with Crippen LogP contribution < -0.4 is 4.74 Å². The first kappa shape index (κ1) is 15.9. The molecule has 2 aromatic carbocycles. The maximum atomic E-state index is 14.0. The van der Waals surface area contributed by atoms with E-state index in [0.717, 1.165) is 17.5 Å². The maximum absolute atomic E-state index is 14.0. The number of fused-ring (bicyclic) bond motifs is 1. The lowest BCUT2D eigenvalue weighted by molar-refractivity contribution is 0.0864. The van der Waals surface area contributed by atoms with Gasteiger partial charge in [-0.15, -0.1) is 0 Å². The molecule has 1 heterocycles. The number of nitrogens with zero attached hydrogens (tertiary/aromatic N) is 1. The van der Waals surface area contributed by atoms with Crippen molar-refractivity contribution in [3.8, 4) is 5.75 Å². The third-order valence-corrected chi connectivity index (χ3v) is 5.15. The Bertz CT molecular complexity index is 754. The van der Waals surface area contributed by atoms with Gasteiger partial charge >= 0.3 is 0 Å². The molecule has 2 aromatic rings. The van der Waals surface area contributed by atoms with Gasteiger partial charge in [0.1, 0.15) is 12.3 Å². The summed E-state index contributed by atoms with van der Waals surface area (Å²) < 4.78 is 33.8. The van der Waals surface area contributed by atoms with Gasteiger partial charge in [-0.05, 0) is 48.2 Å². The largest absolute Gasteiger partial charge is 0.481 e. The van der Waals surface area contributed by atoms with E-state index in [4.69, 9.17) is 16.3 Å². The van der Waals surface area contributed by atoms with E-state index >= 15 is 0 Å². The smallest absolute Gasteiger partial charge is 0.165 e. The van der Waals surface area contributed by atoms with Crippen LogP contribution in [0.3, 0.4) is 0 Å². The Kier molecular flexibility index (Phi) is 4.19. The highest BCUT2D eigenvalue weighted by molar-refractivity contribution is 6.30. The standard InChI is InChI=1S/C19H18ClF2NO/c20-13-6-5-12-9-17(23-8-7-14(21)11-23)19(15(12)10-13)24-18-4-2-1-3-16(18)22/h1-6,10,14,17,19H,7-9,11H2/t14-,17+,19+/m1/s1. The van der Waals surface area contributed by atoms with E-state index in [0.29, 0.717) is 24.5 Å². The summed E-state index contributed by atoms with van der Waals surface area (Å²) in [6.45, 7) is 1.11. The summed E-state index contributed by atoms with van der Waals surface area (Å²) >= 11 is 6.15. The molecule has 2 aliphatic rings. The summed E-state index contributed by atoms with van der Waals surface area (Å²) in [5, 5.41) is 0.626. The van der Waals surface area contributed by atoms with E-state index in [1.807, 2.05) is 18.2 Å². The molecule has 4 rings (SSSR count). The minimum atomic E-state index is -0.800. The van der Waals surface area contributed by atoms with Crippen LogP contribution >= 0.6 is 11.6 Å². The van der Waals surface area contributed by atoms with Gasteiger partial charge in [0.25, 0.3) is 0 Å². The third kappa shape index (κ3) is 2.89. The highest BCUT2D eigenvalue weighted by Crippen LogP contribution is 2.40. The monoisotopic (exact) mass is 349 g/mol. The van der Waals surface area contributed by atoms with Crippen molar-refractivity contribution >= 4 is 11.6 Å². The summed E-state index contributed by atoms with van der Waals surface area (Å²) in [7, 11) is 0. The summed E-state index contributed by atoms with van der Waals surface area (Å²) in [6.07, 6.45) is 0.158. The molecule has 0 amide bonds. The zero-order valence-corrected chi connectivity index (χ0v) is 13.8. The molecule has 3 atom stereocenters. The Labute approximate surface area is 145 Å². The van der Waals surface area contributed by atoms with E-state index in [1.165, 1.54) is 6.07 Å². The third-order valence-electron chi connectivity index (χ3n) is 4.91. The van der Waals surface area contributed by atoms with E-state index in [2.05, 4.69) is 4.90 Å². The van der Waals surface area contributed by atoms with Crippen LogP contribution in [-0.4, -0.2) is 30.2 Å². The van der Waals surface area contributed by atoms with Crippen LogP contribution in [0.1, 0.15) is 23.7 Å². The van der Waals surface area contributed by atoms with Crippen LogP contribution in [0, 0.1) is 5.82 Å². The van der Waals surface area contributed by atoms with Crippen molar-refractivity contribution in [2.45, 2.75) is 31.2 Å². The molecule has 0 spiro atoms. The predicted octanol–water partition coefficient (Wildman–Crippen LogP) is 4.57. The maximum Gasteiger partial charge on any atom is 0.165 e. The number of benzene rings is 2. The minimum absolute atomic E-state index is 0.00109. The van der Waals surface area contributed by atoms with Gasteiger partial charge in [-0.3, -0.25) is 4.90 Å². The normalized spacial score (nSPS) is 26.5. The molecule has 0 bridgehead atoms. The van der Waals surface area contributed by atoms with Gasteiger partial charge in [0.2, 0.25) is 0 Å². The fraction of sp³-hybridized carbons (Fsp3) is 0.368. The van der Waals surface area contributed by atoms with Crippen LogP contribution in [0.4, 0.5) is 8.78 Å². The number of likely N-dealkylation sites (tertiary alicyclic amines) is 1. The molecule has 126 valence electrons. The molecule has 0 aromatic heterocycles. The van der Waals surface area contributed by atoms with Gasteiger partial charge in [-0.2, -0.15) is 0 Å². The lowest BCUT2D eigenvalue weighted by atomic mass is 10.1. The quantitative estimate of drug-likeness (QED) is 0.805. The van der Waals surface area contributed by atoms with Crippen molar-refractivity contribution in [1.29, 1.82) is 0 Å². The lowest BCUT2D eigenvalue weighted by Crippen LogP contribution is -2.38. The average molecular weight is 350 g/mol. The molecule has 1 saturated heterocycles. The van der Waals surface area contributed by atoms with Crippen molar-refractivity contribution in [2.75, 3.05) is 13.1 Å². The van der Waals surface area contributed by atoms with Gasteiger partial charge in [-0.1, -0.05) is 29.8 Å². The average Bonchev–Trinajstić information content (AvgIpc) is 3.14. The van der Waals surface area contributed by atoms with Crippen LogP contribution in [-0.2, 0) is 6.42 Å². The number of hydrogen-bond donors (Lipinski definition) is 0. The first-order valence-electron chi connectivity index (χ1n) is 8.19. The predicted molar refractivity (Wildman–Crippen MR) is 89.8 cm³/mol. The summed E-state index contributed by atoms with van der Waals surface area (Å²) in [6, 6.07) is 12.1. The fourth-order valence-corrected chi connectivity index (χ4v) is 3.92. The van der Waals surface area contributed by atoms with Crippen molar-refractivity contribution in [3.05, 3.63) is 64.4 Å². The molecule has 0 saturated carbocycles. The van der Waals surface area contributed by atoms with Crippen LogP contribution in [0.5, 0.6) is 5.75 Å². The molecule has 0 unspecified atom stereocenters. The first-order chi connectivity index (χ1) is 11.6. The topological polar surface area (TPSA) is 12.5 Å². The van der Waals surface area contributed by atoms with Crippen molar-refractivity contribution in [3.63, 3.8) is 0 Å². The Balaban J connectivity index is 1.68. The zero-order valence-electron chi connectivity index (χ0n) is 13.1. The van der Waals surface area contributed by atoms with Crippen LogP contribution in [0.25, 0.3) is 0 Å². The fourth-order valence-electron chi connectivity index (χ4n) is 3.74. The Hall–Kier alpha value is -1.65. The van der Waals surface area contributed by atoms with E-state index in [1.54, 1.807) is 18.2 Å². The second kappa shape index (κ2) is 6.34. The van der Waals surface area contributed by atoms with Crippen LogP contribution in [0.15, 0.2) is 42.5 Å². The molecule has 24 heavy (non-hydrogen) atoms. The van der Waals surface area contributed by atoms with E-state index in [9.17, 15) is 8.78 Å². The molecule has 1 aliphatic carbocycles. The van der Waals surface area contributed by atoms with Crippen molar-refractivity contribution in [2.24, 2.45) is 0 Å². The number of alkyl halides is 1. The minimum Gasteiger partial charge on any atom is -0.481 e. The molecule has 5 heteroatoms. The van der Waals surface area contributed by atoms with Gasteiger partial charge in [0, 0.05) is 18.1 Å². The number of para-hydroxylation sites is 1. The van der Waals surface area contributed by atoms with Gasteiger partial charge in [-0.25, -0.2) is 8.78 Å². The summed E-state index contributed by atoms with van der Waals surface area (Å²) in [5.74, 6) is -0.173. The number of hydrogen-bond acceptors (Lipinski definition) is 2. The highest BCUT2D eigenvalue weighted by Gasteiger charge is 2.41. The Morgan fingerprint density at radius 1 is 1.17 bits per heavy atom. The molecule has 0 N–H and O–H groups in total. The lowest BCUT2D eigenvalue weighted by Gasteiger charge is -2.30. The van der Waals surface area contributed by atoms with E-state index in [-0.39, 0.29) is 17.9 Å². The van der Waals surface area contributed by atoms with E-state index < -0.39 is 12.0 Å². The number of rotatable bonds is 3. The van der Waals surface area contributed by atoms with Crippen molar-refractivity contribution in [1.82, 2.24) is 4.90 Å². The SMILES string of the molecule is Fc1ccccc1O[C@H]1c2cc(Cl)ccc2C[C@@H]1N1CC[C@@H](F)C1. The van der Waals surface area contributed by atoms with Crippen LogP contribution in [0.2, 0.25) is 5.02 Å². The van der Waals surface area contributed by atoms with Crippen molar-refractivity contribution < 1.29 is 13.5 Å². The zero-order chi connectivity index (χ0) is 16.7. The first-order valence-corrected chi connectivity index (χ1v) is 8.57. The second-order valence-corrected chi connectivity index (χ2v) is 6.90. The molecular weight excluding hydrogens is 332 g/mol. The molecule has 1 fully saturated rings. The van der Waals surface area contributed by atoms with Gasteiger partial charge in [0.15, 0.2) is 11.6 Å². The summed E-state index contributed by atoms with van der Waals surface area (Å²) in [4.78, 5) is 2.12. The molecule has 2 nitrogen and oxygen atoms in total. The molecule has 1 aliphatic heterocycles. The van der Waals surface area contributed by atoms with Gasteiger partial charge < -0.3 is 4.74 Å². The molecule has 0 radical (unpaired) electrons. The Morgan fingerprint density at radius 2 is 2.00 bits per heavy atom. The Morgan fingerprint density at radius 3 is 2.75 bits per heavy atom. The molecular formula is C19H18ClF2NO. The second-order valence-electron chi connectivity index (χ2n) is 6.46. The number of ether oxygens (including phenoxy) is 1. The highest BCUT2D eigenvalue weighted by atomic mass is 35.5. The van der Waals surface area contributed by atoms with Gasteiger partial charge in [0.05, 0.1) is 6.04 Å².